The number of rotatable bonds is 4. The summed E-state index contributed by atoms with van der Waals surface area (Å²) in [5.41, 5.74) is -0.437. The van der Waals surface area contributed by atoms with E-state index in [4.69, 9.17) is 0 Å². The van der Waals surface area contributed by atoms with Crippen LogP contribution in [0, 0.1) is 5.82 Å². The Morgan fingerprint density at radius 1 is 1.42 bits per heavy atom. The standard InChI is InChI=1S/C17H18FN3O3/c1-2-6-21-9-10(7-15(21)23)19-17(24)13-8-14(22)11-4-3-5-12(18)16(11)20-13/h3-5,8,10H,2,6-7,9H2,1H3,(H,19,24)(H,20,22). The highest BCUT2D eigenvalue weighted by molar-refractivity contribution is 5.95. The highest BCUT2D eigenvalue weighted by Gasteiger charge is 2.30. The predicted molar refractivity (Wildman–Crippen MR) is 87.3 cm³/mol. The van der Waals surface area contributed by atoms with E-state index in [-0.39, 0.29) is 35.0 Å². The molecule has 1 aliphatic rings. The number of carbonyl (C=O) groups is 2. The lowest BCUT2D eigenvalue weighted by atomic mass is 10.1. The van der Waals surface area contributed by atoms with E-state index in [0.717, 1.165) is 12.5 Å². The molecule has 2 N–H and O–H groups in total. The zero-order valence-electron chi connectivity index (χ0n) is 13.3. The van der Waals surface area contributed by atoms with Crippen molar-refractivity contribution < 1.29 is 14.0 Å². The maximum absolute atomic E-state index is 13.8. The van der Waals surface area contributed by atoms with Crippen molar-refractivity contribution in [3.63, 3.8) is 0 Å². The fourth-order valence-electron chi connectivity index (χ4n) is 2.98. The second-order valence-electron chi connectivity index (χ2n) is 5.92. The van der Waals surface area contributed by atoms with Gasteiger partial charge in [-0.2, -0.15) is 0 Å². The van der Waals surface area contributed by atoms with Gasteiger partial charge in [0, 0.05) is 31.0 Å². The Kier molecular flexibility index (Phi) is 4.33. The third-order valence-corrected chi connectivity index (χ3v) is 4.10. The van der Waals surface area contributed by atoms with Crippen molar-refractivity contribution in [1.82, 2.24) is 15.2 Å². The summed E-state index contributed by atoms with van der Waals surface area (Å²) >= 11 is 0. The van der Waals surface area contributed by atoms with Crippen LogP contribution in [0.1, 0.15) is 30.3 Å². The maximum atomic E-state index is 13.8. The first-order valence-electron chi connectivity index (χ1n) is 7.89. The third kappa shape index (κ3) is 3.02. The molecular weight excluding hydrogens is 313 g/mol. The van der Waals surface area contributed by atoms with E-state index >= 15 is 0 Å². The summed E-state index contributed by atoms with van der Waals surface area (Å²) in [6.07, 6.45) is 1.08. The van der Waals surface area contributed by atoms with E-state index in [9.17, 15) is 18.8 Å². The number of aromatic amines is 1. The van der Waals surface area contributed by atoms with E-state index < -0.39 is 17.2 Å². The SMILES string of the molecule is CCCN1CC(NC(=O)c2cc(=O)c3cccc(F)c3[nH]2)CC1=O. The second-order valence-corrected chi connectivity index (χ2v) is 5.92. The minimum absolute atomic E-state index is 0.000185. The van der Waals surface area contributed by atoms with Crippen molar-refractivity contribution in [2.45, 2.75) is 25.8 Å². The van der Waals surface area contributed by atoms with Crippen molar-refractivity contribution in [3.8, 4) is 0 Å². The Bertz CT molecular complexity index is 862. The first kappa shape index (κ1) is 16.2. The number of likely N-dealkylation sites (tertiary alicyclic amines) is 1. The Morgan fingerprint density at radius 2 is 2.21 bits per heavy atom. The first-order valence-corrected chi connectivity index (χ1v) is 7.89. The van der Waals surface area contributed by atoms with E-state index in [1.54, 1.807) is 4.90 Å². The lowest BCUT2D eigenvalue weighted by molar-refractivity contribution is -0.127. The Balaban J connectivity index is 1.81. The third-order valence-electron chi connectivity index (χ3n) is 4.10. The summed E-state index contributed by atoms with van der Waals surface area (Å²) in [5.74, 6) is -1.11. The lowest BCUT2D eigenvalue weighted by Crippen LogP contribution is -2.38. The average Bonchev–Trinajstić information content (AvgIpc) is 2.88. The molecule has 2 heterocycles. The summed E-state index contributed by atoms with van der Waals surface area (Å²) in [4.78, 5) is 40.6. The molecule has 0 aliphatic carbocycles. The normalized spacial score (nSPS) is 17.5. The van der Waals surface area contributed by atoms with E-state index in [1.807, 2.05) is 6.92 Å². The van der Waals surface area contributed by atoms with Gasteiger partial charge in [0.15, 0.2) is 5.43 Å². The lowest BCUT2D eigenvalue weighted by Gasteiger charge is -2.16. The highest BCUT2D eigenvalue weighted by Crippen LogP contribution is 2.14. The van der Waals surface area contributed by atoms with Crippen LogP contribution in [0.3, 0.4) is 0 Å². The van der Waals surface area contributed by atoms with Crippen LogP contribution >= 0.6 is 0 Å². The Morgan fingerprint density at radius 3 is 2.96 bits per heavy atom. The number of para-hydroxylation sites is 1. The van der Waals surface area contributed by atoms with Gasteiger partial charge < -0.3 is 15.2 Å². The number of amides is 2. The van der Waals surface area contributed by atoms with E-state index in [0.29, 0.717) is 13.1 Å². The summed E-state index contributed by atoms with van der Waals surface area (Å²) in [6, 6.07) is 5.00. The molecule has 0 saturated carbocycles. The molecular formula is C17H18FN3O3. The number of pyridine rings is 1. The minimum atomic E-state index is -0.593. The number of H-pyrrole nitrogens is 1. The van der Waals surface area contributed by atoms with Gasteiger partial charge in [-0.15, -0.1) is 0 Å². The van der Waals surface area contributed by atoms with Crippen molar-refractivity contribution in [1.29, 1.82) is 0 Å². The van der Waals surface area contributed by atoms with Crippen LogP contribution in [0.25, 0.3) is 10.9 Å². The maximum Gasteiger partial charge on any atom is 0.268 e. The van der Waals surface area contributed by atoms with Crippen molar-refractivity contribution in [3.05, 3.63) is 46.0 Å². The van der Waals surface area contributed by atoms with Crippen molar-refractivity contribution in [2.75, 3.05) is 13.1 Å². The molecule has 2 aromatic rings. The van der Waals surface area contributed by atoms with Gasteiger partial charge in [0.05, 0.1) is 11.6 Å². The number of nitrogens with zero attached hydrogens (tertiary/aromatic N) is 1. The molecule has 7 heteroatoms. The van der Waals surface area contributed by atoms with Gasteiger partial charge in [0.25, 0.3) is 5.91 Å². The van der Waals surface area contributed by atoms with Gasteiger partial charge in [-0.25, -0.2) is 4.39 Å². The molecule has 6 nitrogen and oxygen atoms in total. The number of hydrogen-bond acceptors (Lipinski definition) is 3. The zero-order chi connectivity index (χ0) is 17.3. The fraction of sp³-hybridized carbons (Fsp3) is 0.353. The van der Waals surface area contributed by atoms with E-state index in [2.05, 4.69) is 10.3 Å². The summed E-state index contributed by atoms with van der Waals surface area (Å²) in [6.45, 7) is 3.08. The quantitative estimate of drug-likeness (QED) is 0.889. The molecule has 24 heavy (non-hydrogen) atoms. The molecule has 3 rings (SSSR count). The molecule has 1 aromatic heterocycles. The first-order chi connectivity index (χ1) is 11.5. The van der Waals surface area contributed by atoms with Gasteiger partial charge in [0.2, 0.25) is 5.91 Å². The summed E-state index contributed by atoms with van der Waals surface area (Å²) in [5, 5.41) is 2.92. The fourth-order valence-corrected chi connectivity index (χ4v) is 2.98. The molecule has 2 amide bonds. The summed E-state index contributed by atoms with van der Waals surface area (Å²) < 4.78 is 13.8. The Hall–Kier alpha value is -2.70. The van der Waals surface area contributed by atoms with Gasteiger partial charge in [-0.05, 0) is 18.6 Å². The number of halogens is 1. The average molecular weight is 331 g/mol. The van der Waals surface area contributed by atoms with Crippen molar-refractivity contribution >= 4 is 22.7 Å². The molecule has 126 valence electrons. The largest absolute Gasteiger partial charge is 0.348 e. The zero-order valence-corrected chi connectivity index (χ0v) is 13.3. The number of nitrogens with one attached hydrogen (secondary N) is 2. The second kappa shape index (κ2) is 6.43. The molecule has 1 saturated heterocycles. The molecule has 1 atom stereocenters. The molecule has 0 radical (unpaired) electrons. The van der Waals surface area contributed by atoms with Gasteiger partial charge in [-0.1, -0.05) is 13.0 Å². The van der Waals surface area contributed by atoms with Gasteiger partial charge >= 0.3 is 0 Å². The van der Waals surface area contributed by atoms with Crippen LogP contribution < -0.4 is 10.7 Å². The molecule has 0 spiro atoms. The number of benzene rings is 1. The van der Waals surface area contributed by atoms with Crippen LogP contribution in [0.2, 0.25) is 0 Å². The number of carbonyl (C=O) groups excluding carboxylic acids is 2. The van der Waals surface area contributed by atoms with Crippen LogP contribution in [0.15, 0.2) is 29.1 Å². The van der Waals surface area contributed by atoms with Crippen LogP contribution in [0.4, 0.5) is 4.39 Å². The number of aromatic nitrogens is 1. The Labute approximate surface area is 137 Å². The molecule has 1 aromatic carbocycles. The van der Waals surface area contributed by atoms with Gasteiger partial charge in [0.1, 0.15) is 11.5 Å². The molecule has 0 bridgehead atoms. The van der Waals surface area contributed by atoms with E-state index in [1.165, 1.54) is 18.2 Å². The number of hydrogen-bond donors (Lipinski definition) is 2. The predicted octanol–water partition coefficient (Wildman–Crippen LogP) is 1.41. The highest BCUT2D eigenvalue weighted by atomic mass is 19.1. The smallest absolute Gasteiger partial charge is 0.268 e. The minimum Gasteiger partial charge on any atom is -0.348 e. The van der Waals surface area contributed by atoms with Gasteiger partial charge in [-0.3, -0.25) is 14.4 Å². The molecule has 1 unspecified atom stereocenters. The van der Waals surface area contributed by atoms with Crippen molar-refractivity contribution in [2.24, 2.45) is 0 Å². The van der Waals surface area contributed by atoms with Crippen LogP contribution in [-0.4, -0.2) is 40.8 Å². The summed E-state index contributed by atoms with van der Waals surface area (Å²) in [7, 11) is 0. The van der Waals surface area contributed by atoms with Crippen LogP contribution in [0.5, 0.6) is 0 Å². The molecule has 1 fully saturated rings. The van der Waals surface area contributed by atoms with Crippen LogP contribution in [-0.2, 0) is 4.79 Å². The number of fused-ring (bicyclic) bond motifs is 1. The topological polar surface area (TPSA) is 82.3 Å². The molecule has 1 aliphatic heterocycles. The monoisotopic (exact) mass is 331 g/mol.